The first-order valence-electron chi connectivity index (χ1n) is 13.5. The Bertz CT molecular complexity index is 1370. The van der Waals surface area contributed by atoms with Gasteiger partial charge in [0.05, 0.1) is 34.0 Å². The first-order valence-corrected chi connectivity index (χ1v) is 15.1. The molecule has 10 nitrogen and oxygen atoms in total. The van der Waals surface area contributed by atoms with E-state index in [1.807, 2.05) is 28.6 Å². The molecule has 1 aromatic carbocycles. The fourth-order valence-corrected chi connectivity index (χ4v) is 6.85. The molecular weight excluding hydrogens is 504 g/mol. The molecule has 2 aromatic rings. The van der Waals surface area contributed by atoms with Crippen molar-refractivity contribution in [3.8, 4) is 5.69 Å². The summed E-state index contributed by atoms with van der Waals surface area (Å²) in [6.45, 7) is 9.39. The van der Waals surface area contributed by atoms with Crippen molar-refractivity contribution in [2.24, 2.45) is 11.7 Å². The summed E-state index contributed by atoms with van der Waals surface area (Å²) in [7, 11) is -3.22. The summed E-state index contributed by atoms with van der Waals surface area (Å²) in [5, 5.41) is 8.21. The highest BCUT2D eigenvalue weighted by molar-refractivity contribution is 7.89. The molecule has 3 N–H and O–H groups in total. The predicted molar refractivity (Wildman–Crippen MR) is 146 cm³/mol. The Morgan fingerprint density at radius 1 is 1.18 bits per heavy atom. The zero-order valence-electron chi connectivity index (χ0n) is 22.7. The number of sulfonamides is 1. The van der Waals surface area contributed by atoms with Crippen molar-refractivity contribution in [2.75, 3.05) is 30.7 Å². The van der Waals surface area contributed by atoms with E-state index in [9.17, 15) is 18.0 Å². The van der Waals surface area contributed by atoms with Gasteiger partial charge in [-0.25, -0.2) is 17.4 Å². The van der Waals surface area contributed by atoms with Crippen LogP contribution < -0.4 is 11.1 Å². The third-order valence-electron chi connectivity index (χ3n) is 8.17. The molecule has 0 unspecified atom stereocenters. The lowest BCUT2D eigenvalue weighted by molar-refractivity contribution is 0.0487. The van der Waals surface area contributed by atoms with Gasteiger partial charge in [-0.05, 0) is 77.5 Å². The minimum absolute atomic E-state index is 0.00331. The molecule has 2 fully saturated rings. The average Bonchev–Trinajstić information content (AvgIpc) is 3.63. The van der Waals surface area contributed by atoms with E-state index in [-0.39, 0.29) is 23.2 Å². The number of nitrogens with zero attached hydrogens (tertiary/aromatic N) is 4. The maximum Gasteiger partial charge on any atom is 0.258 e. The molecule has 3 aliphatic rings. The average molecular weight is 543 g/mol. The first-order chi connectivity index (χ1) is 17.9. The van der Waals surface area contributed by atoms with Crippen molar-refractivity contribution in [3.63, 3.8) is 0 Å². The number of primary amides is 1. The number of hydrogen-bond donors (Lipinski definition) is 2. The fraction of sp³-hybridized carbons (Fsp3) is 0.593. The number of carbonyl (C=O) groups excluding carboxylic acids is 2. The molecule has 0 atom stereocenters. The minimum Gasteiger partial charge on any atom is -0.382 e. The summed E-state index contributed by atoms with van der Waals surface area (Å²) < 4.78 is 27.8. The number of fused-ring (bicyclic) bond motifs is 1. The number of piperidine rings is 1. The quantitative estimate of drug-likeness (QED) is 0.527. The van der Waals surface area contributed by atoms with Crippen molar-refractivity contribution >= 4 is 27.5 Å². The van der Waals surface area contributed by atoms with Gasteiger partial charge in [0, 0.05) is 43.3 Å². The topological polar surface area (TPSA) is 131 Å². The molecule has 0 spiro atoms. The molecule has 38 heavy (non-hydrogen) atoms. The third kappa shape index (κ3) is 4.93. The normalized spacial score (nSPS) is 20.4. The second-order valence-electron chi connectivity index (χ2n) is 11.5. The van der Waals surface area contributed by atoms with E-state index in [0.29, 0.717) is 60.8 Å². The van der Waals surface area contributed by atoms with Gasteiger partial charge in [-0.2, -0.15) is 5.10 Å². The number of nitrogens with one attached hydrogen (secondary N) is 1. The molecule has 1 aromatic heterocycles. The number of carbonyl (C=O) groups is 2. The maximum absolute atomic E-state index is 13.6. The lowest BCUT2D eigenvalue weighted by Crippen LogP contribution is -2.53. The number of aromatic nitrogens is 2. The first kappa shape index (κ1) is 26.7. The monoisotopic (exact) mass is 542 g/mol. The van der Waals surface area contributed by atoms with E-state index in [1.54, 1.807) is 13.0 Å². The van der Waals surface area contributed by atoms with Gasteiger partial charge in [-0.3, -0.25) is 9.59 Å². The van der Waals surface area contributed by atoms with Crippen molar-refractivity contribution in [2.45, 2.75) is 71.4 Å². The van der Waals surface area contributed by atoms with Gasteiger partial charge >= 0.3 is 0 Å². The smallest absolute Gasteiger partial charge is 0.258 e. The number of nitrogens with two attached hydrogens (primary N) is 1. The van der Waals surface area contributed by atoms with Gasteiger partial charge in [0.2, 0.25) is 10.0 Å². The zero-order chi connectivity index (χ0) is 27.4. The summed E-state index contributed by atoms with van der Waals surface area (Å²) in [6, 6.07) is 5.35. The Morgan fingerprint density at radius 2 is 1.87 bits per heavy atom. The Morgan fingerprint density at radius 3 is 2.47 bits per heavy atom. The number of aryl methyl sites for hydroxylation is 1. The van der Waals surface area contributed by atoms with Crippen molar-refractivity contribution in [3.05, 3.63) is 40.7 Å². The molecule has 0 bridgehead atoms. The molecule has 3 heterocycles. The highest BCUT2D eigenvalue weighted by Crippen LogP contribution is 2.38. The van der Waals surface area contributed by atoms with Crippen LogP contribution in [-0.2, 0) is 16.4 Å². The number of amides is 2. The number of rotatable bonds is 8. The SMILES string of the molecule is CCS(=O)(=O)N1CCC(Nc2cc(-n3nc(C)c4c3CC(C)(C)N(CC3CC3)C4=O)ccc2C(N)=O)CC1. The van der Waals surface area contributed by atoms with Crippen LogP contribution in [0.2, 0.25) is 0 Å². The zero-order valence-corrected chi connectivity index (χ0v) is 23.5. The summed E-state index contributed by atoms with van der Waals surface area (Å²) in [4.78, 5) is 27.9. The van der Waals surface area contributed by atoms with E-state index >= 15 is 0 Å². The van der Waals surface area contributed by atoms with E-state index < -0.39 is 15.9 Å². The lowest BCUT2D eigenvalue weighted by atomic mass is 9.87. The molecular formula is C27H38N6O4S. The molecule has 1 saturated carbocycles. The Kier molecular flexibility index (Phi) is 6.79. The van der Waals surface area contributed by atoms with Crippen LogP contribution in [0.4, 0.5) is 5.69 Å². The van der Waals surface area contributed by atoms with E-state index in [0.717, 1.165) is 17.9 Å². The van der Waals surface area contributed by atoms with Crippen LogP contribution in [0.5, 0.6) is 0 Å². The Hall–Kier alpha value is -2.92. The maximum atomic E-state index is 13.6. The van der Waals surface area contributed by atoms with E-state index in [2.05, 4.69) is 19.2 Å². The standard InChI is InChI=1S/C27H38N6O4S/c1-5-38(36,37)31-12-10-19(11-13-31)29-22-14-20(8-9-21(22)25(28)34)33-23-15-27(3,4)32(16-18-6-7-18)26(35)24(23)17(2)30-33/h8-9,14,18-19,29H,5-7,10-13,15-16H2,1-4H3,(H2,28,34). The van der Waals surface area contributed by atoms with Crippen LogP contribution >= 0.6 is 0 Å². The lowest BCUT2D eigenvalue weighted by Gasteiger charge is -2.42. The Balaban J connectivity index is 1.44. The second-order valence-corrected chi connectivity index (χ2v) is 13.7. The molecule has 206 valence electrons. The Labute approximate surface area is 224 Å². The van der Waals surface area contributed by atoms with Crippen LogP contribution in [0.25, 0.3) is 5.69 Å². The number of hydrogen-bond acceptors (Lipinski definition) is 6. The van der Waals surface area contributed by atoms with Crippen LogP contribution in [0.15, 0.2) is 18.2 Å². The molecule has 1 saturated heterocycles. The van der Waals surface area contributed by atoms with Gasteiger partial charge in [0.25, 0.3) is 11.8 Å². The highest BCUT2D eigenvalue weighted by atomic mass is 32.2. The third-order valence-corrected chi connectivity index (χ3v) is 10.0. The van der Waals surface area contributed by atoms with Gasteiger partial charge in [-0.1, -0.05) is 0 Å². The highest BCUT2D eigenvalue weighted by Gasteiger charge is 2.43. The van der Waals surface area contributed by atoms with E-state index in [4.69, 9.17) is 10.8 Å². The van der Waals surface area contributed by atoms with Crippen molar-refractivity contribution in [1.82, 2.24) is 19.0 Å². The predicted octanol–water partition coefficient (Wildman–Crippen LogP) is 2.69. The van der Waals surface area contributed by atoms with Gasteiger partial charge in [-0.15, -0.1) is 0 Å². The summed E-state index contributed by atoms with van der Waals surface area (Å²) in [5.41, 5.74) is 9.29. The van der Waals surface area contributed by atoms with Crippen molar-refractivity contribution < 1.29 is 18.0 Å². The summed E-state index contributed by atoms with van der Waals surface area (Å²) >= 11 is 0. The van der Waals surface area contributed by atoms with Gasteiger partial charge in [0.1, 0.15) is 0 Å². The molecule has 5 rings (SSSR count). The molecule has 0 radical (unpaired) electrons. The van der Waals surface area contributed by atoms with E-state index in [1.165, 1.54) is 17.1 Å². The molecule has 11 heteroatoms. The van der Waals surface area contributed by atoms with Crippen LogP contribution in [-0.4, -0.2) is 76.2 Å². The van der Waals surface area contributed by atoms with Crippen molar-refractivity contribution in [1.29, 1.82) is 0 Å². The minimum atomic E-state index is -3.22. The number of benzene rings is 1. The van der Waals surface area contributed by atoms with Crippen LogP contribution in [0.1, 0.15) is 78.6 Å². The molecule has 1 aliphatic carbocycles. The molecule has 2 amide bonds. The molecule has 2 aliphatic heterocycles. The summed E-state index contributed by atoms with van der Waals surface area (Å²) in [5.74, 6) is 0.173. The summed E-state index contributed by atoms with van der Waals surface area (Å²) in [6.07, 6.45) is 4.28. The number of anilines is 1. The van der Waals surface area contributed by atoms with Gasteiger partial charge < -0.3 is 16.0 Å². The second kappa shape index (κ2) is 9.68. The van der Waals surface area contributed by atoms with Crippen LogP contribution in [0.3, 0.4) is 0 Å². The van der Waals surface area contributed by atoms with Gasteiger partial charge in [0.15, 0.2) is 0 Å². The van der Waals surface area contributed by atoms with Crippen LogP contribution in [0, 0.1) is 12.8 Å². The largest absolute Gasteiger partial charge is 0.382 e. The fourth-order valence-electron chi connectivity index (χ4n) is 5.71.